The predicted molar refractivity (Wildman–Crippen MR) is 158 cm³/mol. The quantitative estimate of drug-likeness (QED) is 0.340. The van der Waals surface area contributed by atoms with Crippen LogP contribution in [-0.4, -0.2) is 79.6 Å². The molecule has 4 aromatic rings. The maximum atomic E-state index is 13.4. The first-order valence-corrected chi connectivity index (χ1v) is 14.7. The van der Waals surface area contributed by atoms with E-state index in [2.05, 4.69) is 25.3 Å². The number of imidazole rings is 1. The molecule has 6 rings (SSSR count). The Labute approximate surface area is 246 Å². The molecule has 0 atom stereocenters. The molecular formula is C27H33Cl2N9O3. The second kappa shape index (κ2) is 11.6. The van der Waals surface area contributed by atoms with Crippen molar-refractivity contribution in [2.75, 3.05) is 50.7 Å². The predicted octanol–water partition coefficient (Wildman–Crippen LogP) is 2.35. The maximum Gasteiger partial charge on any atom is 0.332 e. The summed E-state index contributed by atoms with van der Waals surface area (Å²) >= 11 is 12.2. The Bertz CT molecular complexity index is 1680. The molecule has 0 spiro atoms. The third-order valence-electron chi connectivity index (χ3n) is 8.22. The van der Waals surface area contributed by atoms with Gasteiger partial charge >= 0.3 is 5.69 Å². The van der Waals surface area contributed by atoms with Crippen molar-refractivity contribution in [2.45, 2.75) is 25.8 Å². The average Bonchev–Trinajstić information content (AvgIpc) is 3.62. The highest BCUT2D eigenvalue weighted by Crippen LogP contribution is 2.29. The minimum atomic E-state index is -0.430. The molecule has 0 aliphatic carbocycles. The molecule has 14 heteroatoms. The van der Waals surface area contributed by atoms with Gasteiger partial charge in [-0.15, -0.1) is 10.2 Å². The Hall–Kier alpha value is -3.19. The van der Waals surface area contributed by atoms with Gasteiger partial charge in [0.25, 0.3) is 5.56 Å². The third kappa shape index (κ3) is 5.53. The second-order valence-corrected chi connectivity index (χ2v) is 11.6. The number of halogens is 2. The van der Waals surface area contributed by atoms with Gasteiger partial charge in [0.1, 0.15) is 6.54 Å². The number of rotatable bonds is 7. The summed E-state index contributed by atoms with van der Waals surface area (Å²) in [6, 6.07) is 5.08. The van der Waals surface area contributed by atoms with Crippen LogP contribution < -0.4 is 21.5 Å². The normalized spacial score (nSPS) is 17.1. The molecule has 0 bridgehead atoms. The van der Waals surface area contributed by atoms with E-state index in [9.17, 15) is 9.59 Å². The van der Waals surface area contributed by atoms with Crippen molar-refractivity contribution >= 4 is 40.3 Å². The number of fused-ring (bicyclic) bond motifs is 1. The topological polar surface area (TPSA) is 119 Å². The summed E-state index contributed by atoms with van der Waals surface area (Å²) in [5.41, 5.74) is 0.415. The van der Waals surface area contributed by atoms with Crippen LogP contribution in [0.3, 0.4) is 0 Å². The second-order valence-electron chi connectivity index (χ2n) is 10.8. The van der Waals surface area contributed by atoms with Gasteiger partial charge in [0.15, 0.2) is 11.2 Å². The molecule has 218 valence electrons. The molecule has 5 heterocycles. The van der Waals surface area contributed by atoms with E-state index in [1.54, 1.807) is 29.8 Å². The SMILES string of the molecule is Cn1c(=O)c2c(nc(N3CCN(CCC4CCNCC4)CC3)n2Cc2nnc(-c3ccc(Cl)c(Cl)c3)o2)n(C)c1=O. The lowest BCUT2D eigenvalue weighted by atomic mass is 9.94. The summed E-state index contributed by atoms with van der Waals surface area (Å²) in [7, 11) is 3.09. The first-order chi connectivity index (χ1) is 19.8. The molecule has 2 aliphatic heterocycles. The average molecular weight is 603 g/mol. The minimum Gasteiger partial charge on any atom is -0.419 e. The molecule has 0 unspecified atom stereocenters. The van der Waals surface area contributed by atoms with E-state index in [-0.39, 0.29) is 12.4 Å². The zero-order chi connectivity index (χ0) is 28.7. The molecule has 2 fully saturated rings. The van der Waals surface area contributed by atoms with Gasteiger partial charge in [-0.2, -0.15) is 4.98 Å². The Kier molecular flexibility index (Phi) is 7.90. The first kappa shape index (κ1) is 28.0. The zero-order valence-corrected chi connectivity index (χ0v) is 24.7. The highest BCUT2D eigenvalue weighted by molar-refractivity contribution is 6.42. The van der Waals surface area contributed by atoms with Crippen LogP contribution in [-0.2, 0) is 20.6 Å². The van der Waals surface area contributed by atoms with Gasteiger partial charge in [0.2, 0.25) is 17.7 Å². The lowest BCUT2D eigenvalue weighted by Gasteiger charge is -2.36. The van der Waals surface area contributed by atoms with Crippen molar-refractivity contribution < 1.29 is 4.42 Å². The van der Waals surface area contributed by atoms with Crippen molar-refractivity contribution in [1.29, 1.82) is 0 Å². The Balaban J connectivity index is 1.28. The Morgan fingerprint density at radius 1 is 1.00 bits per heavy atom. The summed E-state index contributed by atoms with van der Waals surface area (Å²) in [4.78, 5) is 35.5. The van der Waals surface area contributed by atoms with E-state index in [1.165, 1.54) is 30.9 Å². The number of hydrogen-bond acceptors (Lipinski definition) is 9. The molecule has 1 N–H and O–H groups in total. The third-order valence-corrected chi connectivity index (χ3v) is 8.96. The first-order valence-electron chi connectivity index (χ1n) is 13.9. The highest BCUT2D eigenvalue weighted by Gasteiger charge is 2.27. The number of benzene rings is 1. The number of hydrogen-bond donors (Lipinski definition) is 1. The number of anilines is 1. The highest BCUT2D eigenvalue weighted by atomic mass is 35.5. The van der Waals surface area contributed by atoms with Crippen LogP contribution in [0.2, 0.25) is 10.0 Å². The van der Waals surface area contributed by atoms with Crippen molar-refractivity contribution in [3.8, 4) is 11.5 Å². The van der Waals surface area contributed by atoms with Crippen LogP contribution in [0.25, 0.3) is 22.6 Å². The fraction of sp³-hybridized carbons (Fsp3) is 0.519. The van der Waals surface area contributed by atoms with Crippen molar-refractivity contribution in [3.63, 3.8) is 0 Å². The van der Waals surface area contributed by atoms with Gasteiger partial charge in [-0.1, -0.05) is 23.2 Å². The number of nitrogens with one attached hydrogen (secondary N) is 1. The van der Waals surface area contributed by atoms with E-state index in [0.29, 0.717) is 38.6 Å². The van der Waals surface area contributed by atoms with Gasteiger partial charge in [0.05, 0.1) is 10.0 Å². The van der Waals surface area contributed by atoms with Gasteiger partial charge < -0.3 is 14.6 Å². The molecule has 0 radical (unpaired) electrons. The van der Waals surface area contributed by atoms with Gasteiger partial charge in [0, 0.05) is 45.8 Å². The summed E-state index contributed by atoms with van der Waals surface area (Å²) < 4.78 is 10.3. The molecule has 41 heavy (non-hydrogen) atoms. The fourth-order valence-corrected chi connectivity index (χ4v) is 6.03. The maximum absolute atomic E-state index is 13.4. The largest absolute Gasteiger partial charge is 0.419 e. The van der Waals surface area contributed by atoms with E-state index < -0.39 is 11.2 Å². The van der Waals surface area contributed by atoms with Crippen LogP contribution in [0.1, 0.15) is 25.2 Å². The molecule has 3 aromatic heterocycles. The van der Waals surface area contributed by atoms with Crippen molar-refractivity contribution in [3.05, 3.63) is 55.0 Å². The van der Waals surface area contributed by atoms with Crippen LogP contribution >= 0.6 is 23.2 Å². The lowest BCUT2D eigenvalue weighted by molar-refractivity contribution is 0.223. The van der Waals surface area contributed by atoms with E-state index in [4.69, 9.17) is 32.6 Å². The van der Waals surface area contributed by atoms with Crippen LogP contribution in [0.15, 0.2) is 32.2 Å². The van der Waals surface area contributed by atoms with Crippen LogP contribution in [0.5, 0.6) is 0 Å². The van der Waals surface area contributed by atoms with Gasteiger partial charge in [-0.25, -0.2) is 4.79 Å². The molecule has 0 amide bonds. The number of aryl methyl sites for hydroxylation is 1. The smallest absolute Gasteiger partial charge is 0.332 e. The van der Waals surface area contributed by atoms with Crippen LogP contribution in [0.4, 0.5) is 5.95 Å². The molecule has 2 aliphatic rings. The van der Waals surface area contributed by atoms with Crippen molar-refractivity contribution in [1.82, 2.24) is 39.1 Å². The monoisotopic (exact) mass is 601 g/mol. The summed E-state index contributed by atoms with van der Waals surface area (Å²) in [6.45, 7) is 6.73. The van der Waals surface area contributed by atoms with Crippen LogP contribution in [0, 0.1) is 5.92 Å². The number of piperidine rings is 1. The molecular weight excluding hydrogens is 569 g/mol. The summed E-state index contributed by atoms with van der Waals surface area (Å²) in [5, 5.41) is 12.7. The summed E-state index contributed by atoms with van der Waals surface area (Å²) in [5.74, 6) is 1.97. The molecule has 0 saturated carbocycles. The van der Waals surface area contributed by atoms with E-state index in [1.807, 2.05) is 0 Å². The molecule has 1 aromatic carbocycles. The Morgan fingerprint density at radius 2 is 1.76 bits per heavy atom. The van der Waals surface area contributed by atoms with Crippen molar-refractivity contribution in [2.24, 2.45) is 20.0 Å². The van der Waals surface area contributed by atoms with Gasteiger partial charge in [-0.05, 0) is 63.0 Å². The van der Waals surface area contributed by atoms with E-state index >= 15 is 0 Å². The molecule has 2 saturated heterocycles. The minimum absolute atomic E-state index is 0.115. The molecule has 12 nitrogen and oxygen atoms in total. The van der Waals surface area contributed by atoms with E-state index in [0.717, 1.165) is 56.3 Å². The van der Waals surface area contributed by atoms with Gasteiger partial charge in [-0.3, -0.25) is 23.4 Å². The summed E-state index contributed by atoms with van der Waals surface area (Å²) in [6.07, 6.45) is 3.72. The Morgan fingerprint density at radius 3 is 2.49 bits per heavy atom. The fourth-order valence-electron chi connectivity index (χ4n) is 5.73. The number of piperazine rings is 1. The zero-order valence-electron chi connectivity index (χ0n) is 23.1. The standard InChI is InChI=1S/C27H33Cl2N9O3/c1-34-23-22(25(39)35(2)27(34)40)38(16-21-32-33-24(41-21)18-3-4-19(28)20(29)15-18)26(31-23)37-13-11-36(12-14-37)10-7-17-5-8-30-9-6-17/h3-4,15,17,30H,5-14,16H2,1-2H3. The lowest BCUT2D eigenvalue weighted by Crippen LogP contribution is -2.48. The number of nitrogens with zero attached hydrogens (tertiary/aromatic N) is 8. The number of aromatic nitrogens is 6.